The third-order valence-corrected chi connectivity index (χ3v) is 12.9. The molecule has 0 aromatic rings. The molecule has 0 aliphatic carbocycles. The monoisotopic (exact) mass is 651 g/mol. The molecule has 6 atom stereocenters. The van der Waals surface area contributed by atoms with Gasteiger partial charge in [-0.05, 0) is 141 Å². The lowest BCUT2D eigenvalue weighted by Gasteiger charge is -2.27. The Hall–Kier alpha value is 0.190. The average Bonchev–Trinajstić information content (AvgIpc) is 3.09. The van der Waals surface area contributed by atoms with Crippen molar-refractivity contribution in [2.45, 2.75) is 228 Å². The summed E-state index contributed by atoms with van der Waals surface area (Å²) in [6.07, 6.45) is 42.6. The molecule has 45 heavy (non-hydrogen) atoms. The Kier molecular flexibility index (Phi) is 21.3. The maximum absolute atomic E-state index is 6.11. The van der Waals surface area contributed by atoms with Crippen molar-refractivity contribution >= 4 is 11.8 Å². The maximum Gasteiger partial charge on any atom is 0.0575 e. The van der Waals surface area contributed by atoms with Crippen LogP contribution in [0.3, 0.4) is 0 Å². The molecule has 4 nitrogen and oxygen atoms in total. The van der Waals surface area contributed by atoms with E-state index in [0.29, 0.717) is 24.4 Å². The van der Waals surface area contributed by atoms with Gasteiger partial charge >= 0.3 is 0 Å². The van der Waals surface area contributed by atoms with E-state index in [9.17, 15) is 0 Å². The molecule has 0 saturated carbocycles. The average molecular weight is 651 g/mol. The lowest BCUT2D eigenvalue weighted by molar-refractivity contribution is 0.00948. The molecule has 4 fully saturated rings. The second-order valence-corrected chi connectivity index (χ2v) is 16.8. The predicted molar refractivity (Wildman–Crippen MR) is 193 cm³/mol. The molecular weight excluding hydrogens is 577 g/mol. The van der Waals surface area contributed by atoms with E-state index in [1.807, 2.05) is 0 Å². The van der Waals surface area contributed by atoms with Gasteiger partial charge in [0.2, 0.25) is 0 Å². The van der Waals surface area contributed by atoms with Crippen LogP contribution in [0.25, 0.3) is 0 Å². The molecule has 5 heteroatoms. The zero-order chi connectivity index (χ0) is 31.0. The molecule has 4 heterocycles. The number of hydrogen-bond donors (Lipinski definition) is 0. The van der Waals surface area contributed by atoms with Crippen LogP contribution in [-0.2, 0) is 18.9 Å². The van der Waals surface area contributed by atoms with Gasteiger partial charge in [-0.1, -0.05) is 51.4 Å². The Morgan fingerprint density at radius 1 is 0.356 bits per heavy atom. The lowest BCUT2D eigenvalue weighted by atomic mass is 10.00. The number of hydrogen-bond acceptors (Lipinski definition) is 5. The Bertz CT molecular complexity index is 611. The highest BCUT2D eigenvalue weighted by Crippen LogP contribution is 2.34. The Morgan fingerprint density at radius 3 is 1.00 bits per heavy atom. The van der Waals surface area contributed by atoms with Gasteiger partial charge in [-0.3, -0.25) is 0 Å². The minimum Gasteiger partial charge on any atom is -0.378 e. The van der Waals surface area contributed by atoms with Crippen LogP contribution in [-0.4, -0.2) is 61.3 Å². The lowest BCUT2D eigenvalue weighted by Crippen LogP contribution is -2.20. The largest absolute Gasteiger partial charge is 0.378 e. The SMILES string of the molecule is C(CCCC(CCCC1CCCCO1)SC(CCCCCCC1CCCCO1)CCCC1CCCCO1)CCC1CCCCO1. The number of thioether (sulfide) groups is 1. The van der Waals surface area contributed by atoms with Crippen molar-refractivity contribution in [3.8, 4) is 0 Å². The van der Waals surface area contributed by atoms with Crippen molar-refractivity contribution in [2.24, 2.45) is 0 Å². The first-order valence-corrected chi connectivity index (χ1v) is 21.4. The molecule has 0 spiro atoms. The topological polar surface area (TPSA) is 36.9 Å². The van der Waals surface area contributed by atoms with Crippen molar-refractivity contribution in [1.29, 1.82) is 0 Å². The van der Waals surface area contributed by atoms with E-state index in [-0.39, 0.29) is 0 Å². The summed E-state index contributed by atoms with van der Waals surface area (Å²) in [5.74, 6) is 0. The Balaban J connectivity index is 1.19. The summed E-state index contributed by atoms with van der Waals surface area (Å²) >= 11 is 2.41. The van der Waals surface area contributed by atoms with Crippen molar-refractivity contribution < 1.29 is 18.9 Å². The molecule has 0 amide bonds. The van der Waals surface area contributed by atoms with Crippen LogP contribution in [0.4, 0.5) is 0 Å². The number of ether oxygens (including phenoxy) is 4. The smallest absolute Gasteiger partial charge is 0.0575 e. The quantitative estimate of drug-likeness (QED) is 0.0972. The fourth-order valence-corrected chi connectivity index (χ4v) is 10.1. The van der Waals surface area contributed by atoms with E-state index in [1.54, 1.807) is 0 Å². The van der Waals surface area contributed by atoms with Crippen LogP contribution in [0, 0.1) is 0 Å². The van der Waals surface area contributed by atoms with E-state index in [2.05, 4.69) is 11.8 Å². The third-order valence-electron chi connectivity index (χ3n) is 11.2. The molecule has 0 aromatic carbocycles. The molecule has 4 aliphatic heterocycles. The van der Waals surface area contributed by atoms with Crippen molar-refractivity contribution in [3.63, 3.8) is 0 Å². The van der Waals surface area contributed by atoms with E-state index in [0.717, 1.165) is 36.9 Å². The van der Waals surface area contributed by atoms with Crippen LogP contribution in [0.1, 0.15) is 193 Å². The maximum atomic E-state index is 6.11. The first-order valence-electron chi connectivity index (χ1n) is 20.5. The van der Waals surface area contributed by atoms with Crippen molar-refractivity contribution in [2.75, 3.05) is 26.4 Å². The summed E-state index contributed by atoms with van der Waals surface area (Å²) in [6, 6.07) is 0. The molecule has 4 aliphatic rings. The van der Waals surface area contributed by atoms with Gasteiger partial charge in [0.1, 0.15) is 0 Å². The molecule has 264 valence electrons. The number of unbranched alkanes of at least 4 members (excludes halogenated alkanes) is 6. The van der Waals surface area contributed by atoms with E-state index >= 15 is 0 Å². The molecule has 6 unspecified atom stereocenters. The molecule has 4 rings (SSSR count). The summed E-state index contributed by atoms with van der Waals surface area (Å²) in [4.78, 5) is 0. The zero-order valence-corrected chi connectivity index (χ0v) is 30.4. The summed E-state index contributed by atoms with van der Waals surface area (Å²) in [5.41, 5.74) is 0. The Morgan fingerprint density at radius 2 is 0.667 bits per heavy atom. The summed E-state index contributed by atoms with van der Waals surface area (Å²) in [7, 11) is 0. The van der Waals surface area contributed by atoms with Crippen LogP contribution >= 0.6 is 11.8 Å². The standard InChI is InChI=1S/C40H74O4S/c1(5-19-35-21-9-13-31-41-35)3-7-27-39(29-17-25-37-23-11-15-33-43-37)45-40(30-18-26-38-24-12-16-34-44-38)28-8-4-2-6-20-36-22-10-14-32-42-36/h35-40H,1-34H2. The molecular formula is C40H74O4S. The van der Waals surface area contributed by atoms with Gasteiger partial charge in [-0.15, -0.1) is 0 Å². The van der Waals surface area contributed by atoms with Gasteiger partial charge in [0, 0.05) is 36.9 Å². The van der Waals surface area contributed by atoms with Gasteiger partial charge in [0.15, 0.2) is 0 Å². The van der Waals surface area contributed by atoms with Gasteiger partial charge in [0.25, 0.3) is 0 Å². The normalized spacial score (nSPS) is 27.7. The third kappa shape index (κ3) is 18.0. The number of rotatable bonds is 24. The fraction of sp³-hybridized carbons (Fsp3) is 1.00. The highest BCUT2D eigenvalue weighted by molar-refractivity contribution is 8.00. The minimum atomic E-state index is 0.539. The van der Waals surface area contributed by atoms with E-state index in [4.69, 9.17) is 18.9 Å². The van der Waals surface area contributed by atoms with Crippen LogP contribution in [0.15, 0.2) is 0 Å². The van der Waals surface area contributed by atoms with Gasteiger partial charge in [-0.25, -0.2) is 0 Å². The van der Waals surface area contributed by atoms with Crippen molar-refractivity contribution in [3.05, 3.63) is 0 Å². The zero-order valence-electron chi connectivity index (χ0n) is 29.5. The highest BCUT2D eigenvalue weighted by atomic mass is 32.2. The minimum absolute atomic E-state index is 0.539. The van der Waals surface area contributed by atoms with Crippen LogP contribution in [0.2, 0.25) is 0 Å². The molecule has 0 aromatic heterocycles. The van der Waals surface area contributed by atoms with Gasteiger partial charge in [-0.2, -0.15) is 11.8 Å². The van der Waals surface area contributed by atoms with Crippen LogP contribution in [0.5, 0.6) is 0 Å². The van der Waals surface area contributed by atoms with E-state index in [1.165, 1.54) is 193 Å². The van der Waals surface area contributed by atoms with Crippen molar-refractivity contribution in [1.82, 2.24) is 0 Å². The predicted octanol–water partition coefficient (Wildman–Crippen LogP) is 11.8. The molecule has 0 radical (unpaired) electrons. The fourth-order valence-electron chi connectivity index (χ4n) is 8.31. The highest BCUT2D eigenvalue weighted by Gasteiger charge is 2.21. The molecule has 4 saturated heterocycles. The second-order valence-electron chi connectivity index (χ2n) is 15.2. The first-order chi connectivity index (χ1) is 22.3. The molecule has 0 N–H and O–H groups in total. The van der Waals surface area contributed by atoms with Gasteiger partial charge in [0.05, 0.1) is 24.4 Å². The Labute approximate surface area is 284 Å². The second kappa shape index (κ2) is 25.2. The summed E-state index contributed by atoms with van der Waals surface area (Å²) in [5, 5.41) is 1.66. The first kappa shape index (κ1) is 38.0. The van der Waals surface area contributed by atoms with Crippen LogP contribution < -0.4 is 0 Å². The summed E-state index contributed by atoms with van der Waals surface area (Å²) < 4.78 is 24.2. The molecule has 0 bridgehead atoms. The van der Waals surface area contributed by atoms with Gasteiger partial charge < -0.3 is 18.9 Å². The van der Waals surface area contributed by atoms with E-state index < -0.39 is 0 Å². The summed E-state index contributed by atoms with van der Waals surface area (Å²) in [6.45, 7) is 3.99.